The number of ether oxygens (including phenoxy) is 4. The number of carbonyl (C=O) groups excluding carboxylic acids is 7. The van der Waals surface area contributed by atoms with Crippen LogP contribution in [-0.4, -0.2) is 103 Å². The Morgan fingerprint density at radius 3 is 1.67 bits per heavy atom. The van der Waals surface area contributed by atoms with Gasteiger partial charge in [-0.1, -0.05) is 42.5 Å². The SMILES string of the molecule is COC(=O)Oc1cccc2c(=O)n(CCC(=O)Nc3cc(NC(=O)CCn4c(=O)oc5c(OC(=O)OC)cccc5c4=O)cc(C(=O)NC(C(=O)N[C@@H]4C(=O)N5[C@@H]4SC(C)(C)[C@@H]5C(=O)O)c4ccccc4)c3)c(=O)oc12. The molecule has 2 saturated heterocycles. The molecular formula is C49H43N7O19S. The number of hydrogen-bond donors (Lipinski definition) is 5. The van der Waals surface area contributed by atoms with Crippen molar-refractivity contribution in [2.45, 2.75) is 68.0 Å². The molecule has 4 heterocycles. The zero-order valence-electron chi connectivity index (χ0n) is 40.3. The van der Waals surface area contributed by atoms with Gasteiger partial charge in [0.15, 0.2) is 22.7 Å². The zero-order chi connectivity index (χ0) is 54.7. The minimum Gasteiger partial charge on any atom is -0.480 e. The van der Waals surface area contributed by atoms with Gasteiger partial charge in [-0.2, -0.15) is 0 Å². The van der Waals surface area contributed by atoms with E-state index in [0.29, 0.717) is 9.13 Å². The summed E-state index contributed by atoms with van der Waals surface area (Å²) in [6, 6.07) is 15.5. The van der Waals surface area contributed by atoms with Gasteiger partial charge >= 0.3 is 29.8 Å². The Morgan fingerprint density at radius 1 is 0.697 bits per heavy atom. The Labute approximate surface area is 429 Å². The summed E-state index contributed by atoms with van der Waals surface area (Å²) >= 11 is 1.19. The minimum atomic E-state index is -1.48. The van der Waals surface area contributed by atoms with Crippen molar-refractivity contribution in [1.29, 1.82) is 0 Å². The van der Waals surface area contributed by atoms with Crippen molar-refractivity contribution in [2.24, 2.45) is 0 Å². The molecule has 2 aliphatic rings. The summed E-state index contributed by atoms with van der Waals surface area (Å²) in [7, 11) is 2.09. The predicted molar refractivity (Wildman–Crippen MR) is 265 cm³/mol. The molecule has 1 unspecified atom stereocenters. The number of aliphatic carboxylic acids is 1. The molecule has 0 aliphatic carbocycles. The van der Waals surface area contributed by atoms with Crippen LogP contribution in [0.15, 0.2) is 113 Å². The Bertz CT molecular complexity index is 3480. The van der Waals surface area contributed by atoms with Gasteiger partial charge in [0.1, 0.15) is 23.5 Å². The molecule has 5 N–H and O–H groups in total. The summed E-state index contributed by atoms with van der Waals surface area (Å²) in [6.45, 7) is 2.25. The van der Waals surface area contributed by atoms with Crippen molar-refractivity contribution in [2.75, 3.05) is 24.9 Å². The van der Waals surface area contributed by atoms with E-state index in [4.69, 9.17) is 18.3 Å². The highest BCUT2D eigenvalue weighted by Gasteiger charge is 2.64. The summed E-state index contributed by atoms with van der Waals surface area (Å²) in [5.41, 5.74) is -2.79. The Kier molecular flexibility index (Phi) is 14.9. The molecule has 27 heteroatoms. The van der Waals surface area contributed by atoms with Crippen LogP contribution in [0.3, 0.4) is 0 Å². The molecule has 4 atom stereocenters. The van der Waals surface area contributed by atoms with Gasteiger partial charge in [0.25, 0.3) is 17.0 Å². The van der Waals surface area contributed by atoms with Crippen molar-refractivity contribution in [3.63, 3.8) is 0 Å². The number of thioether (sulfide) groups is 1. The highest BCUT2D eigenvalue weighted by atomic mass is 32.2. The lowest BCUT2D eigenvalue weighted by atomic mass is 9.95. The summed E-state index contributed by atoms with van der Waals surface area (Å²) in [6.07, 6.45) is -3.40. The topological polar surface area (TPSA) is 349 Å². The number of hydrogen-bond acceptors (Lipinski definition) is 19. The Hall–Kier alpha value is -9.53. The van der Waals surface area contributed by atoms with Crippen LogP contribution in [0, 0.1) is 0 Å². The van der Waals surface area contributed by atoms with E-state index in [1.807, 2.05) is 0 Å². The quantitative estimate of drug-likeness (QED) is 0.0528. The minimum absolute atomic E-state index is 0.137. The number of fused-ring (bicyclic) bond motifs is 3. The molecule has 2 aliphatic heterocycles. The first-order chi connectivity index (χ1) is 36.2. The number of amides is 5. The molecule has 0 saturated carbocycles. The number of anilines is 2. The molecule has 26 nitrogen and oxygen atoms in total. The van der Waals surface area contributed by atoms with E-state index in [9.17, 15) is 62.6 Å². The average molecular weight is 1070 g/mol. The molecule has 6 aromatic rings. The Morgan fingerprint density at radius 2 is 1.20 bits per heavy atom. The second-order valence-corrected chi connectivity index (χ2v) is 19.1. The molecule has 0 radical (unpaired) electrons. The molecule has 8 rings (SSSR count). The van der Waals surface area contributed by atoms with E-state index in [1.54, 1.807) is 32.0 Å². The molecule has 394 valence electrons. The lowest BCUT2D eigenvalue weighted by molar-refractivity contribution is -0.161. The molecule has 76 heavy (non-hydrogen) atoms. The fourth-order valence-corrected chi connectivity index (χ4v) is 10.1. The van der Waals surface area contributed by atoms with E-state index in [2.05, 4.69) is 30.7 Å². The number of carboxylic acids is 1. The third kappa shape index (κ3) is 10.7. The first kappa shape index (κ1) is 52.8. The van der Waals surface area contributed by atoms with Gasteiger partial charge in [-0.15, -0.1) is 11.8 Å². The Balaban J connectivity index is 1.05. The third-order valence-corrected chi connectivity index (χ3v) is 13.6. The maximum Gasteiger partial charge on any atom is 0.513 e. The van der Waals surface area contributed by atoms with Crippen molar-refractivity contribution in [1.82, 2.24) is 24.7 Å². The van der Waals surface area contributed by atoms with E-state index in [1.165, 1.54) is 83.4 Å². The summed E-state index contributed by atoms with van der Waals surface area (Å²) in [5.74, 6) is -8.28. The maximum absolute atomic E-state index is 14.3. The van der Waals surface area contributed by atoms with E-state index in [0.717, 1.165) is 14.2 Å². The van der Waals surface area contributed by atoms with Crippen molar-refractivity contribution in [3.05, 3.63) is 138 Å². The molecule has 5 amide bonds. The standard InChI is InChI=1S/C49H43N7O19S/c1-49(2)37(44(64)65)56-42(63)34(43(56)76-49)53-39(60)33(23-10-6-5-7-11-23)52-38(59)24-20-25(50-31(57)16-18-54-40(61)27-12-8-14-29(72-47(68)70-3)35(27)74-45(54)66)22-26(21-24)51-32(58)17-19-55-41(62)28-13-9-15-30(73-48(69)71-4)36(28)75-46(55)67/h5-15,20-22,33-34,37,43H,16-19H2,1-4H3,(H,50,57)(H,51,58)(H,52,59)(H,53,60)(H,64,65)/t33?,34-,37+,43-/m1/s1. The fourth-order valence-electron chi connectivity index (χ4n) is 8.45. The summed E-state index contributed by atoms with van der Waals surface area (Å²) in [4.78, 5) is 159. The number of nitrogens with one attached hydrogen (secondary N) is 4. The van der Waals surface area contributed by atoms with Crippen LogP contribution < -0.4 is 53.4 Å². The lowest BCUT2D eigenvalue weighted by Crippen LogP contribution is -2.71. The van der Waals surface area contributed by atoms with Crippen LogP contribution in [0.2, 0.25) is 0 Å². The van der Waals surface area contributed by atoms with Crippen molar-refractivity contribution >= 4 is 92.9 Å². The number of carbonyl (C=O) groups is 8. The summed E-state index contributed by atoms with van der Waals surface area (Å²) in [5, 5.41) is 19.2. The highest BCUT2D eigenvalue weighted by molar-refractivity contribution is 8.01. The first-order valence-electron chi connectivity index (χ1n) is 22.7. The van der Waals surface area contributed by atoms with E-state index in [-0.39, 0.29) is 55.9 Å². The molecular weight excluding hydrogens is 1020 g/mol. The highest BCUT2D eigenvalue weighted by Crippen LogP contribution is 2.51. The van der Waals surface area contributed by atoms with Gasteiger partial charge in [-0.25, -0.2) is 33.1 Å². The number of methoxy groups -OCH3 is 2. The summed E-state index contributed by atoms with van der Waals surface area (Å²) < 4.78 is 29.8. The number of β-lactam (4-membered cyclic amide) rings is 1. The van der Waals surface area contributed by atoms with Crippen LogP contribution >= 0.6 is 11.8 Å². The molecule has 2 aromatic heterocycles. The number of nitrogens with zero attached hydrogens (tertiary/aromatic N) is 3. The number of para-hydroxylation sites is 2. The smallest absolute Gasteiger partial charge is 0.480 e. The maximum atomic E-state index is 14.3. The van der Waals surface area contributed by atoms with Gasteiger partial charge in [0, 0.05) is 47.6 Å². The molecule has 0 spiro atoms. The van der Waals surface area contributed by atoms with E-state index < -0.39 is 125 Å². The second-order valence-electron chi connectivity index (χ2n) is 17.3. The van der Waals surface area contributed by atoms with Crippen LogP contribution in [0.1, 0.15) is 48.7 Å². The first-order valence-corrected chi connectivity index (χ1v) is 23.6. The van der Waals surface area contributed by atoms with Crippen LogP contribution in [0.25, 0.3) is 21.9 Å². The molecule has 0 bridgehead atoms. The average Bonchev–Trinajstić information content (AvgIpc) is 3.73. The van der Waals surface area contributed by atoms with Crippen LogP contribution in [0.5, 0.6) is 11.5 Å². The largest absolute Gasteiger partial charge is 0.513 e. The van der Waals surface area contributed by atoms with Gasteiger partial charge in [-0.05, 0) is 61.9 Å². The van der Waals surface area contributed by atoms with Crippen LogP contribution in [0.4, 0.5) is 21.0 Å². The van der Waals surface area contributed by atoms with E-state index >= 15 is 0 Å². The van der Waals surface area contributed by atoms with Gasteiger partial charge in [-0.3, -0.25) is 33.6 Å². The van der Waals surface area contributed by atoms with Crippen molar-refractivity contribution in [3.8, 4) is 11.5 Å². The van der Waals surface area contributed by atoms with Crippen LogP contribution in [-0.2, 0) is 46.5 Å². The fraction of sp³-hybridized carbons (Fsp3) is 0.265. The van der Waals surface area contributed by atoms with Gasteiger partial charge in [0.05, 0.1) is 25.0 Å². The molecule has 2 fully saturated rings. The predicted octanol–water partition coefficient (Wildman–Crippen LogP) is 2.67. The monoisotopic (exact) mass is 1070 g/mol. The van der Waals surface area contributed by atoms with Gasteiger partial charge < -0.3 is 59.1 Å². The number of aromatic nitrogens is 2. The number of rotatable bonds is 16. The number of benzene rings is 4. The number of carboxylic acid groups (broad SMARTS) is 1. The lowest BCUT2D eigenvalue weighted by Gasteiger charge is -2.44. The zero-order valence-corrected chi connectivity index (χ0v) is 41.1. The normalized spacial score (nSPS) is 16.6. The van der Waals surface area contributed by atoms with Gasteiger partial charge in [0.2, 0.25) is 23.6 Å². The van der Waals surface area contributed by atoms with Crippen molar-refractivity contribution < 1.29 is 71.2 Å². The third-order valence-electron chi connectivity index (χ3n) is 12.0. The second kappa shape index (κ2) is 21.5. The molecule has 4 aromatic carbocycles.